The Balaban J connectivity index is 2.02. The molecule has 4 heteroatoms. The summed E-state index contributed by atoms with van der Waals surface area (Å²) in [5.41, 5.74) is 3.90. The number of carbonyl (C=O) groups is 1. The van der Waals surface area contributed by atoms with E-state index in [-0.39, 0.29) is 5.91 Å². The highest BCUT2D eigenvalue weighted by Gasteiger charge is 2.21. The monoisotopic (exact) mass is 397 g/mol. The van der Waals surface area contributed by atoms with Gasteiger partial charge < -0.3 is 4.90 Å². The second-order valence-electron chi connectivity index (χ2n) is 6.85. The second kappa shape index (κ2) is 10.9. The van der Waals surface area contributed by atoms with Gasteiger partial charge in [0.15, 0.2) is 0 Å². The first-order valence-electron chi connectivity index (χ1n) is 10.3. The van der Waals surface area contributed by atoms with E-state index in [9.17, 15) is 4.79 Å². The molecule has 1 heterocycles. The van der Waals surface area contributed by atoms with Gasteiger partial charge in [0.05, 0.1) is 11.4 Å². The smallest absolute Gasteiger partial charge is 0.273 e. The SMILES string of the molecule is C=CCN(C(=O)C(C/C=C\CC)=NC1=CCC=Cc2ncccc21)c1ccccc1. The van der Waals surface area contributed by atoms with Crippen molar-refractivity contribution in [3.05, 3.63) is 96.9 Å². The number of allylic oxidation sites excluding steroid dienone is 4. The van der Waals surface area contributed by atoms with Gasteiger partial charge in [0.2, 0.25) is 0 Å². The van der Waals surface area contributed by atoms with Gasteiger partial charge >= 0.3 is 0 Å². The van der Waals surface area contributed by atoms with E-state index in [1.165, 1.54) is 0 Å². The highest BCUT2D eigenvalue weighted by molar-refractivity contribution is 6.44. The van der Waals surface area contributed by atoms with Gasteiger partial charge in [-0.3, -0.25) is 9.78 Å². The van der Waals surface area contributed by atoms with Crippen molar-refractivity contribution in [1.82, 2.24) is 4.98 Å². The molecule has 4 nitrogen and oxygen atoms in total. The predicted molar refractivity (Wildman–Crippen MR) is 126 cm³/mol. The number of pyridine rings is 1. The summed E-state index contributed by atoms with van der Waals surface area (Å²) in [4.78, 5) is 24.6. The van der Waals surface area contributed by atoms with Crippen LogP contribution in [0.1, 0.15) is 37.4 Å². The molecule has 30 heavy (non-hydrogen) atoms. The van der Waals surface area contributed by atoms with Crippen LogP contribution in [-0.4, -0.2) is 23.1 Å². The first-order chi connectivity index (χ1) is 14.7. The van der Waals surface area contributed by atoms with E-state index < -0.39 is 0 Å². The van der Waals surface area contributed by atoms with Crippen molar-refractivity contribution >= 4 is 29.1 Å². The maximum Gasteiger partial charge on any atom is 0.273 e. The van der Waals surface area contributed by atoms with Crippen LogP contribution in [0.3, 0.4) is 0 Å². The molecule has 0 saturated carbocycles. The molecule has 0 radical (unpaired) electrons. The summed E-state index contributed by atoms with van der Waals surface area (Å²) in [6.07, 6.45) is 15.8. The van der Waals surface area contributed by atoms with Gasteiger partial charge in [0.1, 0.15) is 5.71 Å². The summed E-state index contributed by atoms with van der Waals surface area (Å²) in [6.45, 7) is 6.31. The first kappa shape index (κ1) is 21.2. The van der Waals surface area contributed by atoms with Crippen molar-refractivity contribution in [3.8, 4) is 0 Å². The highest BCUT2D eigenvalue weighted by Crippen LogP contribution is 2.25. The van der Waals surface area contributed by atoms with Crippen LogP contribution < -0.4 is 4.90 Å². The van der Waals surface area contributed by atoms with E-state index in [0.29, 0.717) is 18.7 Å². The van der Waals surface area contributed by atoms with Crippen molar-refractivity contribution < 1.29 is 4.79 Å². The number of hydrogen-bond acceptors (Lipinski definition) is 3. The van der Waals surface area contributed by atoms with Crippen molar-refractivity contribution in [1.29, 1.82) is 0 Å². The Bertz CT molecular complexity index is 1000. The topological polar surface area (TPSA) is 45.6 Å². The van der Waals surface area contributed by atoms with Crippen molar-refractivity contribution in [2.24, 2.45) is 4.99 Å². The van der Waals surface area contributed by atoms with Crippen LogP contribution in [0.2, 0.25) is 0 Å². The van der Waals surface area contributed by atoms with Crippen LogP contribution in [-0.2, 0) is 4.79 Å². The summed E-state index contributed by atoms with van der Waals surface area (Å²) >= 11 is 0. The molecule has 1 aromatic heterocycles. The fourth-order valence-corrected chi connectivity index (χ4v) is 3.23. The van der Waals surface area contributed by atoms with Gasteiger partial charge in [0.25, 0.3) is 5.91 Å². The van der Waals surface area contributed by atoms with Gasteiger partial charge in [-0.2, -0.15) is 0 Å². The Morgan fingerprint density at radius 1 is 1.20 bits per heavy atom. The average Bonchev–Trinajstić information content (AvgIpc) is 2.99. The standard InChI is InChI=1S/C26H27N3O/c1-3-5-7-18-25(26(30)29(20-4-2)21-13-8-6-9-14-21)28-24-17-11-10-16-23-22(24)15-12-19-27-23/h4-10,12-17,19H,2-3,11,18,20H2,1H3/b7-5-,28-25?. The number of nitrogens with zero attached hydrogens (tertiary/aromatic N) is 3. The number of fused-ring (bicyclic) bond motifs is 1. The van der Waals surface area contributed by atoms with Crippen LogP contribution >= 0.6 is 0 Å². The van der Waals surface area contributed by atoms with Gasteiger partial charge in [-0.05, 0) is 43.2 Å². The molecule has 1 aromatic carbocycles. The number of aliphatic imine (C=N–C) groups is 1. The van der Waals surface area contributed by atoms with E-state index in [1.54, 1.807) is 17.2 Å². The Morgan fingerprint density at radius 2 is 2.03 bits per heavy atom. The van der Waals surface area contributed by atoms with E-state index >= 15 is 0 Å². The molecular weight excluding hydrogens is 370 g/mol. The minimum Gasteiger partial charge on any atom is -0.304 e. The maximum absolute atomic E-state index is 13.6. The fraction of sp³-hybridized carbons (Fsp3) is 0.192. The molecule has 0 fully saturated rings. The van der Waals surface area contributed by atoms with Crippen molar-refractivity contribution in [3.63, 3.8) is 0 Å². The normalized spacial score (nSPS) is 13.5. The summed E-state index contributed by atoms with van der Waals surface area (Å²) in [7, 11) is 0. The quantitative estimate of drug-likeness (QED) is 0.414. The largest absolute Gasteiger partial charge is 0.304 e. The lowest BCUT2D eigenvalue weighted by molar-refractivity contribution is -0.112. The number of anilines is 1. The highest BCUT2D eigenvalue weighted by atomic mass is 16.2. The minimum atomic E-state index is -0.120. The Labute approximate surface area is 178 Å². The van der Waals surface area contributed by atoms with E-state index in [0.717, 1.165) is 35.5 Å². The van der Waals surface area contributed by atoms with Crippen LogP contribution in [0.4, 0.5) is 5.69 Å². The number of carbonyl (C=O) groups excluding carboxylic acids is 1. The third-order valence-corrected chi connectivity index (χ3v) is 4.68. The van der Waals surface area contributed by atoms with Gasteiger partial charge in [-0.25, -0.2) is 4.99 Å². The van der Waals surface area contributed by atoms with Gasteiger partial charge in [0, 0.05) is 30.4 Å². The molecule has 2 aromatic rings. The van der Waals surface area contributed by atoms with Crippen LogP contribution in [0.15, 0.2) is 90.6 Å². The molecule has 0 spiro atoms. The molecule has 3 rings (SSSR count). The molecule has 0 atom stereocenters. The van der Waals surface area contributed by atoms with Crippen LogP contribution in [0.25, 0.3) is 11.8 Å². The van der Waals surface area contributed by atoms with Crippen molar-refractivity contribution in [2.45, 2.75) is 26.2 Å². The van der Waals surface area contributed by atoms with E-state index in [2.05, 4.69) is 30.6 Å². The molecular formula is C26H27N3O. The van der Waals surface area contributed by atoms with Gasteiger partial charge in [-0.1, -0.05) is 55.5 Å². The molecule has 1 aliphatic carbocycles. The Hall–Kier alpha value is -3.53. The van der Waals surface area contributed by atoms with Gasteiger partial charge in [-0.15, -0.1) is 6.58 Å². The van der Waals surface area contributed by atoms with E-state index in [1.807, 2.05) is 60.7 Å². The fourth-order valence-electron chi connectivity index (χ4n) is 3.23. The number of benzene rings is 1. The zero-order valence-corrected chi connectivity index (χ0v) is 17.4. The Morgan fingerprint density at radius 3 is 2.80 bits per heavy atom. The average molecular weight is 398 g/mol. The lowest BCUT2D eigenvalue weighted by Crippen LogP contribution is -2.36. The number of rotatable bonds is 8. The molecule has 0 unspecified atom stereocenters. The lowest BCUT2D eigenvalue weighted by Gasteiger charge is -2.22. The van der Waals surface area contributed by atoms with E-state index in [4.69, 9.17) is 4.99 Å². The zero-order chi connectivity index (χ0) is 21.2. The molecule has 0 saturated heterocycles. The first-order valence-corrected chi connectivity index (χ1v) is 10.3. The zero-order valence-electron chi connectivity index (χ0n) is 17.4. The minimum absolute atomic E-state index is 0.120. The van der Waals surface area contributed by atoms with Crippen LogP contribution in [0.5, 0.6) is 0 Å². The molecule has 1 amide bonds. The summed E-state index contributed by atoms with van der Waals surface area (Å²) < 4.78 is 0. The second-order valence-corrected chi connectivity index (χ2v) is 6.85. The lowest BCUT2D eigenvalue weighted by atomic mass is 10.1. The number of para-hydroxylation sites is 1. The third-order valence-electron chi connectivity index (χ3n) is 4.68. The third kappa shape index (κ3) is 5.29. The maximum atomic E-state index is 13.6. The number of amides is 1. The summed E-state index contributed by atoms with van der Waals surface area (Å²) in [5.74, 6) is -0.120. The van der Waals surface area contributed by atoms with Crippen molar-refractivity contribution in [2.75, 3.05) is 11.4 Å². The molecule has 0 N–H and O–H groups in total. The molecule has 152 valence electrons. The molecule has 0 aliphatic heterocycles. The number of hydrogen-bond donors (Lipinski definition) is 0. The predicted octanol–water partition coefficient (Wildman–Crippen LogP) is 5.86. The molecule has 0 bridgehead atoms. The number of aromatic nitrogens is 1. The Kier molecular flexibility index (Phi) is 7.67. The van der Waals surface area contributed by atoms with Crippen LogP contribution in [0, 0.1) is 0 Å². The molecule has 1 aliphatic rings. The summed E-state index contributed by atoms with van der Waals surface area (Å²) in [5, 5.41) is 0. The summed E-state index contributed by atoms with van der Waals surface area (Å²) in [6, 6.07) is 13.5.